The van der Waals surface area contributed by atoms with Gasteiger partial charge in [0, 0.05) is 35.6 Å². The Hall–Kier alpha value is -1.34. The van der Waals surface area contributed by atoms with E-state index in [0.717, 1.165) is 17.1 Å². The van der Waals surface area contributed by atoms with E-state index in [1.54, 1.807) is 12.1 Å². The van der Waals surface area contributed by atoms with Crippen molar-refractivity contribution in [2.45, 2.75) is 11.8 Å². The highest BCUT2D eigenvalue weighted by atomic mass is 32.2. The Kier molecular flexibility index (Phi) is 6.25. The van der Waals surface area contributed by atoms with Crippen LogP contribution in [0, 0.1) is 0 Å². The van der Waals surface area contributed by atoms with Gasteiger partial charge in [0.2, 0.25) is 0 Å². The summed E-state index contributed by atoms with van der Waals surface area (Å²) >= 11 is 3.83. The zero-order valence-electron chi connectivity index (χ0n) is 11.5. The van der Waals surface area contributed by atoms with Crippen molar-refractivity contribution >= 4 is 35.5 Å². The number of nitrogens with one attached hydrogen (secondary N) is 2. The number of carboxylic acid groups (broad SMARTS) is 1. The first-order valence-corrected chi connectivity index (χ1v) is 8.89. The quantitative estimate of drug-likeness (QED) is 0.772. The number of carbonyl (C=O) groups excluding carboxylic acids is 1. The number of hydrogen-bond donors (Lipinski definition) is 3. The van der Waals surface area contributed by atoms with Gasteiger partial charge in [0.15, 0.2) is 0 Å². The van der Waals surface area contributed by atoms with Crippen LogP contribution in [-0.2, 0) is 6.54 Å². The molecule has 2 rings (SSSR count). The zero-order valence-corrected chi connectivity index (χ0v) is 13.1. The first-order valence-electron chi connectivity index (χ1n) is 6.68. The smallest absolute Gasteiger partial charge is 0.335 e. The number of urea groups is 1. The summed E-state index contributed by atoms with van der Waals surface area (Å²) in [5, 5.41) is 14.9. The van der Waals surface area contributed by atoms with Gasteiger partial charge in [-0.25, -0.2) is 9.59 Å². The summed E-state index contributed by atoms with van der Waals surface area (Å²) in [4.78, 5) is 22.4. The lowest BCUT2D eigenvalue weighted by Gasteiger charge is -2.21. The Labute approximate surface area is 132 Å². The fourth-order valence-electron chi connectivity index (χ4n) is 1.87. The average molecular weight is 326 g/mol. The van der Waals surface area contributed by atoms with Crippen molar-refractivity contribution in [2.75, 3.05) is 23.8 Å². The first-order chi connectivity index (χ1) is 10.1. The SMILES string of the molecule is O=C(NCc1ccc(C(=O)O)cc1)NCC1CSCCS1. The maximum Gasteiger partial charge on any atom is 0.335 e. The molecule has 0 saturated carbocycles. The molecule has 5 nitrogen and oxygen atoms in total. The Bertz CT molecular complexity index is 487. The molecule has 1 fully saturated rings. The van der Waals surface area contributed by atoms with E-state index >= 15 is 0 Å². The highest BCUT2D eigenvalue weighted by Gasteiger charge is 2.14. The topological polar surface area (TPSA) is 78.4 Å². The number of carbonyl (C=O) groups is 2. The number of thioether (sulfide) groups is 2. The second kappa shape index (κ2) is 8.19. The molecule has 2 amide bonds. The summed E-state index contributed by atoms with van der Waals surface area (Å²) in [6.07, 6.45) is 0. The van der Waals surface area contributed by atoms with Crippen molar-refractivity contribution in [1.29, 1.82) is 0 Å². The molecule has 0 spiro atoms. The molecule has 0 aliphatic carbocycles. The molecule has 114 valence electrons. The van der Waals surface area contributed by atoms with Gasteiger partial charge < -0.3 is 15.7 Å². The lowest BCUT2D eigenvalue weighted by atomic mass is 10.1. The second-order valence-corrected chi connectivity index (χ2v) is 7.19. The van der Waals surface area contributed by atoms with E-state index in [0.29, 0.717) is 18.3 Å². The van der Waals surface area contributed by atoms with Crippen LogP contribution in [0.5, 0.6) is 0 Å². The number of amides is 2. The Morgan fingerprint density at radius 1 is 1.19 bits per heavy atom. The zero-order chi connectivity index (χ0) is 15.1. The van der Waals surface area contributed by atoms with Gasteiger partial charge >= 0.3 is 12.0 Å². The predicted octanol–water partition coefficient (Wildman–Crippen LogP) is 2.03. The number of hydrogen-bond acceptors (Lipinski definition) is 4. The first kappa shape index (κ1) is 16.0. The van der Waals surface area contributed by atoms with Gasteiger partial charge in [0.05, 0.1) is 5.56 Å². The maximum atomic E-state index is 11.7. The van der Waals surface area contributed by atoms with E-state index < -0.39 is 5.97 Å². The van der Waals surface area contributed by atoms with Crippen LogP contribution in [-0.4, -0.2) is 46.2 Å². The minimum Gasteiger partial charge on any atom is -0.478 e. The molecule has 1 aromatic carbocycles. The van der Waals surface area contributed by atoms with Gasteiger partial charge in [-0.05, 0) is 17.7 Å². The van der Waals surface area contributed by atoms with Crippen LogP contribution >= 0.6 is 23.5 Å². The fourth-order valence-corrected chi connectivity index (χ4v) is 4.48. The molecule has 0 bridgehead atoms. The molecule has 21 heavy (non-hydrogen) atoms. The van der Waals surface area contributed by atoms with Crippen LogP contribution in [0.25, 0.3) is 0 Å². The lowest BCUT2D eigenvalue weighted by molar-refractivity contribution is 0.0697. The molecule has 1 atom stereocenters. The van der Waals surface area contributed by atoms with Crippen LogP contribution in [0.15, 0.2) is 24.3 Å². The summed E-state index contributed by atoms with van der Waals surface area (Å²) in [6.45, 7) is 1.07. The predicted molar refractivity (Wildman–Crippen MR) is 87.2 cm³/mol. The molecule has 3 N–H and O–H groups in total. The number of carboxylic acids is 1. The van der Waals surface area contributed by atoms with Crippen molar-refractivity contribution in [3.8, 4) is 0 Å². The molecule has 1 aromatic rings. The summed E-state index contributed by atoms with van der Waals surface area (Å²) in [5.74, 6) is 2.48. The fraction of sp³-hybridized carbons (Fsp3) is 0.429. The van der Waals surface area contributed by atoms with Gasteiger partial charge in [0.25, 0.3) is 0 Å². The van der Waals surface area contributed by atoms with Crippen LogP contribution in [0.2, 0.25) is 0 Å². The standard InChI is InChI=1S/C14H18N2O3S2/c17-13(18)11-3-1-10(2-4-11)7-15-14(19)16-8-12-9-20-5-6-21-12/h1-4,12H,5-9H2,(H,17,18)(H2,15,16,19). The van der Waals surface area contributed by atoms with E-state index in [1.807, 2.05) is 23.5 Å². The molecule has 7 heteroatoms. The maximum absolute atomic E-state index is 11.7. The second-order valence-electron chi connectivity index (χ2n) is 4.63. The Balaban J connectivity index is 1.69. The molecule has 1 unspecified atom stereocenters. The molecule has 0 aromatic heterocycles. The molecule has 1 saturated heterocycles. The van der Waals surface area contributed by atoms with Crippen molar-refractivity contribution in [3.63, 3.8) is 0 Å². The van der Waals surface area contributed by atoms with E-state index in [1.165, 1.54) is 17.9 Å². The third-order valence-electron chi connectivity index (χ3n) is 3.03. The largest absolute Gasteiger partial charge is 0.478 e. The van der Waals surface area contributed by atoms with Gasteiger partial charge in [-0.15, -0.1) is 0 Å². The average Bonchev–Trinajstić information content (AvgIpc) is 2.52. The van der Waals surface area contributed by atoms with Crippen molar-refractivity contribution < 1.29 is 14.7 Å². The van der Waals surface area contributed by atoms with Crippen molar-refractivity contribution in [3.05, 3.63) is 35.4 Å². The van der Waals surface area contributed by atoms with E-state index in [4.69, 9.17) is 5.11 Å². The van der Waals surface area contributed by atoms with Gasteiger partial charge in [-0.2, -0.15) is 23.5 Å². The van der Waals surface area contributed by atoms with Crippen LogP contribution < -0.4 is 10.6 Å². The summed E-state index contributed by atoms with van der Waals surface area (Å²) in [7, 11) is 0. The summed E-state index contributed by atoms with van der Waals surface area (Å²) < 4.78 is 0. The monoisotopic (exact) mass is 326 g/mol. The molecular weight excluding hydrogens is 308 g/mol. The number of rotatable bonds is 5. The molecule has 1 aliphatic heterocycles. The van der Waals surface area contributed by atoms with E-state index in [-0.39, 0.29) is 11.6 Å². The van der Waals surface area contributed by atoms with Crippen LogP contribution in [0.3, 0.4) is 0 Å². The van der Waals surface area contributed by atoms with Gasteiger partial charge in [-0.1, -0.05) is 12.1 Å². The highest BCUT2D eigenvalue weighted by molar-refractivity contribution is 8.06. The molecular formula is C14H18N2O3S2. The minimum absolute atomic E-state index is 0.187. The third-order valence-corrected chi connectivity index (χ3v) is 5.87. The van der Waals surface area contributed by atoms with Crippen LogP contribution in [0.4, 0.5) is 4.79 Å². The molecule has 0 radical (unpaired) electrons. The van der Waals surface area contributed by atoms with Gasteiger partial charge in [0.1, 0.15) is 0 Å². The van der Waals surface area contributed by atoms with E-state index in [2.05, 4.69) is 10.6 Å². The molecule has 1 heterocycles. The summed E-state index contributed by atoms with van der Waals surface area (Å²) in [5.41, 5.74) is 1.12. The van der Waals surface area contributed by atoms with Crippen molar-refractivity contribution in [1.82, 2.24) is 10.6 Å². The van der Waals surface area contributed by atoms with E-state index in [9.17, 15) is 9.59 Å². The third kappa shape index (κ3) is 5.51. The number of benzene rings is 1. The molecule has 1 aliphatic rings. The Morgan fingerprint density at radius 3 is 2.57 bits per heavy atom. The van der Waals surface area contributed by atoms with Gasteiger partial charge in [-0.3, -0.25) is 0 Å². The lowest BCUT2D eigenvalue weighted by Crippen LogP contribution is -2.39. The Morgan fingerprint density at radius 2 is 1.95 bits per heavy atom. The normalized spacial score (nSPS) is 18.0. The number of aromatic carboxylic acids is 1. The van der Waals surface area contributed by atoms with Crippen molar-refractivity contribution in [2.24, 2.45) is 0 Å². The minimum atomic E-state index is -0.949. The summed E-state index contributed by atoms with van der Waals surface area (Å²) in [6, 6.07) is 6.29. The highest BCUT2D eigenvalue weighted by Crippen LogP contribution is 2.23. The van der Waals surface area contributed by atoms with Crippen LogP contribution in [0.1, 0.15) is 15.9 Å².